The number of hydrogen-bond donors (Lipinski definition) is 1. The van der Waals surface area contributed by atoms with E-state index in [1.807, 2.05) is 4.90 Å². The van der Waals surface area contributed by atoms with Crippen LogP contribution in [0.25, 0.3) is 0 Å². The highest BCUT2D eigenvalue weighted by Crippen LogP contribution is 2.25. The molecule has 2 fully saturated rings. The Balaban J connectivity index is 1.62. The molecule has 0 unspecified atom stereocenters. The Morgan fingerprint density at radius 3 is 2.25 bits per heavy atom. The largest absolute Gasteiger partial charge is 0.382 e. The summed E-state index contributed by atoms with van der Waals surface area (Å²) in [5, 5.41) is 3.65. The zero-order chi connectivity index (χ0) is 13.8. The second kappa shape index (κ2) is 6.29. The van der Waals surface area contributed by atoms with Crippen LogP contribution in [0.3, 0.4) is 0 Å². The Kier molecular flexibility index (Phi) is 4.24. The van der Waals surface area contributed by atoms with Crippen molar-refractivity contribution in [3.8, 4) is 0 Å². The van der Waals surface area contributed by atoms with Gasteiger partial charge in [-0.25, -0.2) is 0 Å². The standard InChI is InChI=1S/C17H24N2O/c20-17-8-5-13-19(17)16-11-9-15(10-12-16)18-14-6-3-1-2-4-7-14/h9-12,14,18H,1-8,13H2. The molecular weight excluding hydrogens is 248 g/mol. The quantitative estimate of drug-likeness (QED) is 0.845. The summed E-state index contributed by atoms with van der Waals surface area (Å²) in [7, 11) is 0. The number of carbonyl (C=O) groups excluding carboxylic acids is 1. The van der Waals surface area contributed by atoms with Gasteiger partial charge in [0.05, 0.1) is 0 Å². The predicted octanol–water partition coefficient (Wildman–Crippen LogP) is 3.95. The highest BCUT2D eigenvalue weighted by Gasteiger charge is 2.21. The van der Waals surface area contributed by atoms with Gasteiger partial charge in [-0.2, -0.15) is 0 Å². The van der Waals surface area contributed by atoms with Crippen LogP contribution in [0.5, 0.6) is 0 Å². The molecular formula is C17H24N2O. The lowest BCUT2D eigenvalue weighted by molar-refractivity contribution is -0.117. The number of carbonyl (C=O) groups is 1. The van der Waals surface area contributed by atoms with E-state index < -0.39 is 0 Å². The first-order valence-corrected chi connectivity index (χ1v) is 8.00. The molecule has 3 nitrogen and oxygen atoms in total. The lowest BCUT2D eigenvalue weighted by Gasteiger charge is -2.19. The van der Waals surface area contributed by atoms with Crippen LogP contribution < -0.4 is 10.2 Å². The van der Waals surface area contributed by atoms with E-state index in [4.69, 9.17) is 0 Å². The van der Waals surface area contributed by atoms with Crippen molar-refractivity contribution in [2.75, 3.05) is 16.8 Å². The van der Waals surface area contributed by atoms with Crippen LogP contribution in [-0.4, -0.2) is 18.5 Å². The molecule has 20 heavy (non-hydrogen) atoms. The van der Waals surface area contributed by atoms with Crippen molar-refractivity contribution < 1.29 is 4.79 Å². The van der Waals surface area contributed by atoms with E-state index in [2.05, 4.69) is 29.6 Å². The first kappa shape index (κ1) is 13.5. The minimum absolute atomic E-state index is 0.259. The molecule has 1 saturated heterocycles. The molecule has 1 heterocycles. The van der Waals surface area contributed by atoms with Crippen molar-refractivity contribution >= 4 is 17.3 Å². The lowest BCUT2D eigenvalue weighted by atomic mass is 10.1. The van der Waals surface area contributed by atoms with Crippen LogP contribution in [0, 0.1) is 0 Å². The number of amides is 1. The summed E-state index contributed by atoms with van der Waals surface area (Å²) in [4.78, 5) is 13.6. The van der Waals surface area contributed by atoms with Gasteiger partial charge in [-0.05, 0) is 43.5 Å². The molecule has 1 N–H and O–H groups in total. The van der Waals surface area contributed by atoms with Gasteiger partial charge in [0.15, 0.2) is 0 Å². The van der Waals surface area contributed by atoms with Gasteiger partial charge < -0.3 is 10.2 Å². The summed E-state index contributed by atoms with van der Waals surface area (Å²) < 4.78 is 0. The van der Waals surface area contributed by atoms with E-state index in [1.165, 1.54) is 44.2 Å². The number of nitrogens with one attached hydrogen (secondary N) is 1. The molecule has 0 aromatic heterocycles. The van der Waals surface area contributed by atoms with Gasteiger partial charge in [0.25, 0.3) is 0 Å². The highest BCUT2D eigenvalue weighted by atomic mass is 16.2. The van der Waals surface area contributed by atoms with Crippen molar-refractivity contribution in [1.82, 2.24) is 0 Å². The molecule has 1 aliphatic carbocycles. The van der Waals surface area contributed by atoms with E-state index in [1.54, 1.807) is 0 Å². The van der Waals surface area contributed by atoms with Gasteiger partial charge in [-0.3, -0.25) is 4.79 Å². The average molecular weight is 272 g/mol. The second-order valence-corrected chi connectivity index (χ2v) is 6.03. The zero-order valence-corrected chi connectivity index (χ0v) is 12.1. The third-order valence-electron chi connectivity index (χ3n) is 4.48. The van der Waals surface area contributed by atoms with Crippen molar-refractivity contribution in [2.45, 2.75) is 57.4 Å². The fourth-order valence-electron chi connectivity index (χ4n) is 3.32. The van der Waals surface area contributed by atoms with Crippen molar-refractivity contribution in [1.29, 1.82) is 0 Å². The summed E-state index contributed by atoms with van der Waals surface area (Å²) in [5.41, 5.74) is 2.23. The maximum Gasteiger partial charge on any atom is 0.227 e. The maximum atomic E-state index is 11.7. The van der Waals surface area contributed by atoms with E-state index >= 15 is 0 Å². The molecule has 2 aliphatic rings. The van der Waals surface area contributed by atoms with Crippen LogP contribution in [0.2, 0.25) is 0 Å². The second-order valence-electron chi connectivity index (χ2n) is 6.03. The molecule has 0 radical (unpaired) electrons. The molecule has 1 aliphatic heterocycles. The molecule has 0 spiro atoms. The molecule has 1 amide bonds. The topological polar surface area (TPSA) is 32.3 Å². The van der Waals surface area contributed by atoms with E-state index in [-0.39, 0.29) is 5.91 Å². The van der Waals surface area contributed by atoms with E-state index in [0.717, 1.165) is 18.7 Å². The third-order valence-corrected chi connectivity index (χ3v) is 4.48. The van der Waals surface area contributed by atoms with Crippen molar-refractivity contribution in [2.24, 2.45) is 0 Å². The van der Waals surface area contributed by atoms with Crippen LogP contribution in [-0.2, 0) is 4.79 Å². The van der Waals surface area contributed by atoms with Crippen molar-refractivity contribution in [3.05, 3.63) is 24.3 Å². The van der Waals surface area contributed by atoms with Gasteiger partial charge in [0.1, 0.15) is 0 Å². The van der Waals surface area contributed by atoms with Crippen molar-refractivity contribution in [3.63, 3.8) is 0 Å². The highest BCUT2D eigenvalue weighted by molar-refractivity contribution is 5.95. The summed E-state index contributed by atoms with van der Waals surface area (Å²) in [6.45, 7) is 0.869. The molecule has 0 bridgehead atoms. The zero-order valence-electron chi connectivity index (χ0n) is 12.1. The molecule has 3 heteroatoms. The molecule has 1 aromatic rings. The van der Waals surface area contributed by atoms with Crippen LogP contribution in [0.4, 0.5) is 11.4 Å². The van der Waals surface area contributed by atoms with Crippen LogP contribution in [0.15, 0.2) is 24.3 Å². The molecule has 108 valence electrons. The normalized spacial score (nSPS) is 21.0. The van der Waals surface area contributed by atoms with Gasteiger partial charge in [-0.1, -0.05) is 25.7 Å². The summed E-state index contributed by atoms with van der Waals surface area (Å²) in [6.07, 6.45) is 9.71. The van der Waals surface area contributed by atoms with Gasteiger partial charge in [0, 0.05) is 30.4 Å². The fraction of sp³-hybridized carbons (Fsp3) is 0.588. The molecule has 3 rings (SSSR count). The fourth-order valence-corrected chi connectivity index (χ4v) is 3.32. The smallest absolute Gasteiger partial charge is 0.227 e. The Hall–Kier alpha value is -1.51. The molecule has 1 aromatic carbocycles. The minimum atomic E-state index is 0.259. The Bertz CT molecular complexity index is 447. The number of nitrogens with zero attached hydrogens (tertiary/aromatic N) is 1. The first-order chi connectivity index (χ1) is 9.83. The third kappa shape index (κ3) is 3.14. The first-order valence-electron chi connectivity index (χ1n) is 8.00. The van der Waals surface area contributed by atoms with E-state index in [0.29, 0.717) is 12.5 Å². The summed E-state index contributed by atoms with van der Waals surface area (Å²) in [5.74, 6) is 0.259. The minimum Gasteiger partial charge on any atom is -0.382 e. The Labute approximate surface area is 121 Å². The monoisotopic (exact) mass is 272 g/mol. The summed E-state index contributed by atoms with van der Waals surface area (Å²) in [6, 6.07) is 9.00. The Morgan fingerprint density at radius 2 is 1.65 bits per heavy atom. The number of benzene rings is 1. The molecule has 1 saturated carbocycles. The SMILES string of the molecule is O=C1CCCN1c1ccc(NC2CCCCCC2)cc1. The maximum absolute atomic E-state index is 11.7. The van der Waals surface area contributed by atoms with E-state index in [9.17, 15) is 4.79 Å². The average Bonchev–Trinajstić information content (AvgIpc) is 2.73. The number of rotatable bonds is 3. The Morgan fingerprint density at radius 1 is 0.950 bits per heavy atom. The van der Waals surface area contributed by atoms with Gasteiger partial charge in [-0.15, -0.1) is 0 Å². The van der Waals surface area contributed by atoms with Gasteiger partial charge >= 0.3 is 0 Å². The van der Waals surface area contributed by atoms with Crippen LogP contribution in [0.1, 0.15) is 51.4 Å². The predicted molar refractivity (Wildman–Crippen MR) is 83.1 cm³/mol. The number of hydrogen-bond acceptors (Lipinski definition) is 2. The number of anilines is 2. The lowest BCUT2D eigenvalue weighted by Crippen LogP contribution is -2.23. The van der Waals surface area contributed by atoms with Gasteiger partial charge in [0.2, 0.25) is 5.91 Å². The molecule has 0 atom stereocenters. The summed E-state index contributed by atoms with van der Waals surface area (Å²) >= 11 is 0. The van der Waals surface area contributed by atoms with Crippen LogP contribution >= 0.6 is 0 Å².